The fraction of sp³-hybridized carbons (Fsp3) is 0.368. The van der Waals surface area contributed by atoms with Crippen LogP contribution in [0.25, 0.3) is 11.0 Å². The second-order valence-electron chi connectivity index (χ2n) is 6.71. The van der Waals surface area contributed by atoms with Crippen molar-refractivity contribution in [3.05, 3.63) is 40.0 Å². The molecule has 1 amide bonds. The maximum atomic E-state index is 12.4. The number of rotatable bonds is 6. The number of nitrogens with zero attached hydrogens (tertiary/aromatic N) is 5. The van der Waals surface area contributed by atoms with Gasteiger partial charge in [0, 0.05) is 24.7 Å². The van der Waals surface area contributed by atoms with Gasteiger partial charge in [-0.1, -0.05) is 35.0 Å². The first kappa shape index (κ1) is 20.3. The zero-order chi connectivity index (χ0) is 20.4. The maximum Gasteiger partial charge on any atom is 0.252 e. The molecule has 1 saturated heterocycles. The van der Waals surface area contributed by atoms with Crippen LogP contribution in [0.5, 0.6) is 0 Å². The van der Waals surface area contributed by atoms with Crippen molar-refractivity contribution in [2.45, 2.75) is 24.5 Å². The third kappa shape index (κ3) is 4.29. The van der Waals surface area contributed by atoms with Gasteiger partial charge in [-0.15, -0.1) is 0 Å². The minimum absolute atomic E-state index is 0.250. The Bertz CT molecular complexity index is 1050. The summed E-state index contributed by atoms with van der Waals surface area (Å²) >= 11 is 13.5. The standard InChI is InChI=1S/C19H20Cl2N6OS/c1-29-19-24-16(26-7-2-3-8-26)14-11-23-27(17(14)25-19)9-6-22-18(28)13-5-4-12(20)10-15(13)21/h4-5,10-11H,2-3,6-9H2,1H3,(H,22,28). The van der Waals surface area contributed by atoms with Crippen LogP contribution in [0.1, 0.15) is 23.2 Å². The van der Waals surface area contributed by atoms with E-state index < -0.39 is 0 Å². The molecule has 10 heteroatoms. The maximum absolute atomic E-state index is 12.4. The molecule has 4 rings (SSSR count). The van der Waals surface area contributed by atoms with Crippen molar-refractivity contribution in [1.29, 1.82) is 0 Å². The highest BCUT2D eigenvalue weighted by Crippen LogP contribution is 2.28. The van der Waals surface area contributed by atoms with Gasteiger partial charge < -0.3 is 10.2 Å². The molecule has 0 aliphatic carbocycles. The Labute approximate surface area is 182 Å². The Hall–Kier alpha value is -2.03. The van der Waals surface area contributed by atoms with E-state index in [0.717, 1.165) is 35.1 Å². The molecule has 2 aromatic heterocycles. The average molecular weight is 451 g/mol. The van der Waals surface area contributed by atoms with E-state index in [1.165, 1.54) is 24.6 Å². The van der Waals surface area contributed by atoms with E-state index in [1.807, 2.05) is 12.5 Å². The summed E-state index contributed by atoms with van der Waals surface area (Å²) in [5.74, 6) is 0.695. The number of fused-ring (bicyclic) bond motifs is 1. The van der Waals surface area contributed by atoms with Crippen molar-refractivity contribution < 1.29 is 4.79 Å². The first-order valence-electron chi connectivity index (χ1n) is 9.32. The Balaban J connectivity index is 1.51. The number of benzene rings is 1. The molecule has 7 nitrogen and oxygen atoms in total. The highest BCUT2D eigenvalue weighted by atomic mass is 35.5. The van der Waals surface area contributed by atoms with Crippen LogP contribution in [-0.2, 0) is 6.54 Å². The van der Waals surface area contributed by atoms with Gasteiger partial charge in [0.25, 0.3) is 5.91 Å². The highest BCUT2D eigenvalue weighted by Gasteiger charge is 2.20. The van der Waals surface area contributed by atoms with Gasteiger partial charge in [0.1, 0.15) is 5.82 Å². The van der Waals surface area contributed by atoms with E-state index in [1.54, 1.807) is 22.9 Å². The number of hydrogen-bond acceptors (Lipinski definition) is 6. The summed E-state index contributed by atoms with van der Waals surface area (Å²) in [6, 6.07) is 4.81. The van der Waals surface area contributed by atoms with E-state index in [9.17, 15) is 4.79 Å². The number of carbonyl (C=O) groups excluding carboxylic acids is 1. The quantitative estimate of drug-likeness (QED) is 0.453. The summed E-state index contributed by atoms with van der Waals surface area (Å²) in [6.45, 7) is 2.89. The lowest BCUT2D eigenvalue weighted by Crippen LogP contribution is -2.27. The molecule has 0 spiro atoms. The minimum Gasteiger partial charge on any atom is -0.356 e. The van der Waals surface area contributed by atoms with E-state index in [4.69, 9.17) is 28.2 Å². The zero-order valence-electron chi connectivity index (χ0n) is 15.9. The van der Waals surface area contributed by atoms with Crippen LogP contribution in [-0.4, -0.2) is 51.5 Å². The van der Waals surface area contributed by atoms with Crippen LogP contribution in [0, 0.1) is 0 Å². The van der Waals surface area contributed by atoms with Crippen LogP contribution < -0.4 is 10.2 Å². The van der Waals surface area contributed by atoms with Crippen molar-refractivity contribution in [3.8, 4) is 0 Å². The van der Waals surface area contributed by atoms with E-state index in [2.05, 4.69) is 20.3 Å². The number of aromatic nitrogens is 4. The van der Waals surface area contributed by atoms with Crippen molar-refractivity contribution in [2.24, 2.45) is 0 Å². The fourth-order valence-corrected chi connectivity index (χ4v) is 4.24. The molecular formula is C19H20Cl2N6OS. The summed E-state index contributed by atoms with van der Waals surface area (Å²) in [7, 11) is 0. The van der Waals surface area contributed by atoms with Crippen molar-refractivity contribution in [3.63, 3.8) is 0 Å². The molecule has 0 unspecified atom stereocenters. The van der Waals surface area contributed by atoms with Gasteiger partial charge in [0.15, 0.2) is 10.8 Å². The molecule has 152 valence electrons. The first-order chi connectivity index (χ1) is 14.1. The van der Waals surface area contributed by atoms with Gasteiger partial charge in [0.2, 0.25) is 0 Å². The number of nitrogens with one attached hydrogen (secondary N) is 1. The predicted octanol–water partition coefficient (Wildman–Crippen LogP) is 3.89. The Morgan fingerprint density at radius 1 is 1.24 bits per heavy atom. The molecule has 0 radical (unpaired) electrons. The molecule has 1 aromatic carbocycles. The molecule has 1 N–H and O–H groups in total. The SMILES string of the molecule is CSc1nc(N2CCCC2)c2cnn(CCNC(=O)c3ccc(Cl)cc3Cl)c2n1. The number of halogens is 2. The predicted molar refractivity (Wildman–Crippen MR) is 117 cm³/mol. The number of thioether (sulfide) groups is 1. The summed E-state index contributed by atoms with van der Waals surface area (Å²) in [6.07, 6.45) is 6.12. The molecule has 0 bridgehead atoms. The Kier molecular flexibility index (Phi) is 6.12. The molecule has 3 aromatic rings. The topological polar surface area (TPSA) is 75.9 Å². The Morgan fingerprint density at radius 2 is 2.03 bits per heavy atom. The summed E-state index contributed by atoms with van der Waals surface area (Å²) in [5.41, 5.74) is 1.18. The average Bonchev–Trinajstić information content (AvgIpc) is 3.37. The van der Waals surface area contributed by atoms with Gasteiger partial charge in [-0.25, -0.2) is 14.6 Å². The van der Waals surface area contributed by atoms with Crippen LogP contribution in [0.4, 0.5) is 5.82 Å². The molecule has 1 fully saturated rings. The van der Waals surface area contributed by atoms with Crippen molar-refractivity contribution in [2.75, 3.05) is 30.8 Å². The monoisotopic (exact) mass is 450 g/mol. The molecule has 0 saturated carbocycles. The van der Waals surface area contributed by atoms with Crippen LogP contribution in [0.2, 0.25) is 10.0 Å². The lowest BCUT2D eigenvalue weighted by molar-refractivity contribution is 0.0952. The van der Waals surface area contributed by atoms with Crippen molar-refractivity contribution >= 4 is 57.7 Å². The lowest BCUT2D eigenvalue weighted by atomic mass is 10.2. The van der Waals surface area contributed by atoms with E-state index in [0.29, 0.717) is 28.7 Å². The van der Waals surface area contributed by atoms with Crippen LogP contribution in [0.15, 0.2) is 29.6 Å². The van der Waals surface area contributed by atoms with E-state index in [-0.39, 0.29) is 5.91 Å². The van der Waals surface area contributed by atoms with Gasteiger partial charge in [-0.3, -0.25) is 4.79 Å². The number of anilines is 1. The normalized spacial score (nSPS) is 14.0. The van der Waals surface area contributed by atoms with Crippen LogP contribution >= 0.6 is 35.0 Å². The van der Waals surface area contributed by atoms with Crippen molar-refractivity contribution in [1.82, 2.24) is 25.1 Å². The Morgan fingerprint density at radius 3 is 2.76 bits per heavy atom. The largest absolute Gasteiger partial charge is 0.356 e. The third-order valence-electron chi connectivity index (χ3n) is 4.83. The molecular weight excluding hydrogens is 431 g/mol. The minimum atomic E-state index is -0.250. The second-order valence-corrected chi connectivity index (χ2v) is 8.33. The second kappa shape index (κ2) is 8.77. The summed E-state index contributed by atoms with van der Waals surface area (Å²) < 4.78 is 1.81. The molecule has 1 aliphatic rings. The first-order valence-corrected chi connectivity index (χ1v) is 11.3. The summed E-state index contributed by atoms with van der Waals surface area (Å²) in [5, 5.41) is 9.84. The third-order valence-corrected chi connectivity index (χ3v) is 5.92. The summed E-state index contributed by atoms with van der Waals surface area (Å²) in [4.78, 5) is 24.0. The zero-order valence-corrected chi connectivity index (χ0v) is 18.2. The van der Waals surface area contributed by atoms with Gasteiger partial charge in [0.05, 0.1) is 28.7 Å². The lowest BCUT2D eigenvalue weighted by Gasteiger charge is -2.17. The smallest absolute Gasteiger partial charge is 0.252 e. The van der Waals surface area contributed by atoms with Crippen LogP contribution in [0.3, 0.4) is 0 Å². The van der Waals surface area contributed by atoms with Gasteiger partial charge >= 0.3 is 0 Å². The van der Waals surface area contributed by atoms with E-state index >= 15 is 0 Å². The number of carbonyl (C=O) groups is 1. The van der Waals surface area contributed by atoms with Gasteiger partial charge in [-0.05, 0) is 37.3 Å². The number of hydrogen-bond donors (Lipinski definition) is 1. The molecule has 1 aliphatic heterocycles. The number of amides is 1. The highest BCUT2D eigenvalue weighted by molar-refractivity contribution is 7.98. The molecule has 3 heterocycles. The fourth-order valence-electron chi connectivity index (χ4n) is 3.39. The van der Waals surface area contributed by atoms with Gasteiger partial charge in [-0.2, -0.15) is 5.10 Å². The molecule has 29 heavy (non-hydrogen) atoms. The molecule has 0 atom stereocenters.